The molecule has 0 saturated heterocycles. The molecule has 37 heavy (non-hydrogen) atoms. The number of aromatic nitrogens is 3. The first-order valence-electron chi connectivity index (χ1n) is 11.5. The predicted molar refractivity (Wildman–Crippen MR) is 144 cm³/mol. The van der Waals surface area contributed by atoms with Gasteiger partial charge in [-0.1, -0.05) is 42.1 Å². The number of nitrogens with one attached hydrogen (secondary N) is 1. The van der Waals surface area contributed by atoms with Crippen molar-refractivity contribution in [1.29, 1.82) is 0 Å². The Balaban J connectivity index is 1.52. The van der Waals surface area contributed by atoms with Gasteiger partial charge in [-0.25, -0.2) is 5.43 Å². The highest BCUT2D eigenvalue weighted by molar-refractivity contribution is 7.99. The average Bonchev–Trinajstić information content (AvgIpc) is 3.37. The molecule has 0 fully saturated rings. The van der Waals surface area contributed by atoms with E-state index in [1.54, 1.807) is 20.4 Å². The number of carbonyl (C=O) groups excluding carboxylic acids is 1. The summed E-state index contributed by atoms with van der Waals surface area (Å²) in [5.74, 6) is 2.34. The van der Waals surface area contributed by atoms with E-state index in [-0.39, 0.29) is 11.7 Å². The lowest BCUT2D eigenvalue weighted by Gasteiger charge is -2.12. The first-order valence-corrected chi connectivity index (χ1v) is 12.5. The summed E-state index contributed by atoms with van der Waals surface area (Å²) < 4.78 is 18.3. The molecular weight excluding hydrogens is 490 g/mol. The number of nitrogens with zero attached hydrogens (tertiary/aromatic N) is 4. The maximum Gasteiger partial charge on any atom is 0.250 e. The molecule has 4 aromatic rings. The van der Waals surface area contributed by atoms with E-state index in [4.69, 9.17) is 14.2 Å². The Morgan fingerprint density at radius 3 is 2.49 bits per heavy atom. The third-order valence-electron chi connectivity index (χ3n) is 5.23. The highest BCUT2D eigenvalue weighted by Gasteiger charge is 2.18. The maximum atomic E-state index is 12.5. The summed E-state index contributed by atoms with van der Waals surface area (Å²) in [5.41, 5.74) is 5.00. The quantitative estimate of drug-likeness (QED) is 0.176. The van der Waals surface area contributed by atoms with Crippen LogP contribution >= 0.6 is 11.8 Å². The number of ether oxygens (including phenoxy) is 3. The number of benzene rings is 3. The zero-order valence-electron chi connectivity index (χ0n) is 20.7. The molecule has 0 radical (unpaired) electrons. The van der Waals surface area contributed by atoms with Crippen LogP contribution in [-0.4, -0.2) is 53.5 Å². The summed E-state index contributed by atoms with van der Waals surface area (Å²) in [6, 6.07) is 22.8. The minimum atomic E-state index is -0.273. The second-order valence-corrected chi connectivity index (χ2v) is 8.54. The lowest BCUT2D eigenvalue weighted by molar-refractivity contribution is -0.118. The fourth-order valence-electron chi connectivity index (χ4n) is 3.55. The minimum absolute atomic E-state index is 0.0986. The molecule has 0 aliphatic heterocycles. The van der Waals surface area contributed by atoms with E-state index in [1.807, 2.05) is 84.3 Å². The van der Waals surface area contributed by atoms with Gasteiger partial charge in [-0.2, -0.15) is 5.10 Å². The summed E-state index contributed by atoms with van der Waals surface area (Å²) in [6.07, 6.45) is 1.56. The Morgan fingerprint density at radius 1 is 0.973 bits per heavy atom. The smallest absolute Gasteiger partial charge is 0.250 e. The number of rotatable bonds is 11. The van der Waals surface area contributed by atoms with Crippen molar-refractivity contribution in [3.8, 4) is 34.3 Å². The minimum Gasteiger partial charge on any atom is -0.493 e. The summed E-state index contributed by atoms with van der Waals surface area (Å²) in [5, 5.41) is 13.4. The maximum absolute atomic E-state index is 12.5. The van der Waals surface area contributed by atoms with Gasteiger partial charge >= 0.3 is 0 Å². The number of carbonyl (C=O) groups is 1. The van der Waals surface area contributed by atoms with Crippen LogP contribution in [0.1, 0.15) is 12.5 Å². The second kappa shape index (κ2) is 12.6. The molecule has 190 valence electrons. The first kappa shape index (κ1) is 25.8. The summed E-state index contributed by atoms with van der Waals surface area (Å²) in [7, 11) is 3.17. The molecule has 0 saturated carbocycles. The third kappa shape index (κ3) is 6.28. The number of hydrogen-bond acceptors (Lipinski definition) is 8. The van der Waals surface area contributed by atoms with Gasteiger partial charge in [0, 0.05) is 16.8 Å². The van der Waals surface area contributed by atoms with E-state index in [0.29, 0.717) is 34.8 Å². The van der Waals surface area contributed by atoms with Crippen molar-refractivity contribution in [3.05, 3.63) is 78.4 Å². The van der Waals surface area contributed by atoms with Crippen LogP contribution in [0.3, 0.4) is 0 Å². The molecule has 0 atom stereocenters. The molecule has 1 heterocycles. The van der Waals surface area contributed by atoms with Gasteiger partial charge in [0.25, 0.3) is 5.91 Å². The van der Waals surface area contributed by atoms with Crippen molar-refractivity contribution in [2.24, 2.45) is 5.10 Å². The van der Waals surface area contributed by atoms with Crippen molar-refractivity contribution in [3.63, 3.8) is 0 Å². The predicted octanol–water partition coefficient (Wildman–Crippen LogP) is 4.59. The van der Waals surface area contributed by atoms with E-state index >= 15 is 0 Å². The molecule has 3 aromatic carbocycles. The molecule has 4 rings (SSSR count). The molecule has 0 aliphatic carbocycles. The Kier molecular flexibility index (Phi) is 8.77. The normalized spacial score (nSPS) is 10.9. The fourth-order valence-corrected chi connectivity index (χ4v) is 4.29. The molecule has 0 unspecified atom stereocenters. The summed E-state index contributed by atoms with van der Waals surface area (Å²) in [6.45, 7) is 2.46. The van der Waals surface area contributed by atoms with Crippen molar-refractivity contribution in [2.75, 3.05) is 26.6 Å². The monoisotopic (exact) mass is 517 g/mol. The second-order valence-electron chi connectivity index (χ2n) is 7.60. The van der Waals surface area contributed by atoms with Crippen LogP contribution in [0.4, 0.5) is 0 Å². The lowest BCUT2D eigenvalue weighted by atomic mass is 10.2. The molecule has 0 aliphatic rings. The molecule has 10 heteroatoms. The van der Waals surface area contributed by atoms with E-state index in [1.165, 1.54) is 11.8 Å². The molecule has 9 nitrogen and oxygen atoms in total. The average molecular weight is 518 g/mol. The SMILES string of the molecule is CCOc1ccccc1/C=N/NC(=O)CSc1nnc(-c2ccc(OC)c(OC)c2)n1-c1ccccc1. The number of hydrogen-bond donors (Lipinski definition) is 1. The number of hydrazone groups is 1. The number of thioether (sulfide) groups is 1. The lowest BCUT2D eigenvalue weighted by Crippen LogP contribution is -2.20. The van der Waals surface area contributed by atoms with Crippen LogP contribution in [0.15, 0.2) is 83.1 Å². The number of para-hydroxylation sites is 2. The highest BCUT2D eigenvalue weighted by atomic mass is 32.2. The Labute approximate surface area is 219 Å². The van der Waals surface area contributed by atoms with Gasteiger partial charge in [0.2, 0.25) is 0 Å². The Hall–Kier alpha value is -4.31. The van der Waals surface area contributed by atoms with E-state index in [0.717, 1.165) is 16.8 Å². The van der Waals surface area contributed by atoms with Gasteiger partial charge in [0.05, 0.1) is 32.8 Å². The summed E-state index contributed by atoms with van der Waals surface area (Å²) in [4.78, 5) is 12.5. The van der Waals surface area contributed by atoms with E-state index in [2.05, 4.69) is 20.7 Å². The van der Waals surface area contributed by atoms with Crippen molar-refractivity contribution in [1.82, 2.24) is 20.2 Å². The molecule has 1 N–H and O–H groups in total. The molecule has 0 bridgehead atoms. The zero-order chi connectivity index (χ0) is 26.0. The molecule has 1 aromatic heterocycles. The largest absolute Gasteiger partial charge is 0.493 e. The molecule has 0 spiro atoms. The van der Waals surface area contributed by atoms with Gasteiger partial charge in [0.1, 0.15) is 5.75 Å². The van der Waals surface area contributed by atoms with Crippen molar-refractivity contribution < 1.29 is 19.0 Å². The van der Waals surface area contributed by atoms with Gasteiger partial charge in [-0.3, -0.25) is 9.36 Å². The van der Waals surface area contributed by atoms with Crippen molar-refractivity contribution in [2.45, 2.75) is 12.1 Å². The molecule has 1 amide bonds. The van der Waals surface area contributed by atoms with E-state index in [9.17, 15) is 4.79 Å². The summed E-state index contributed by atoms with van der Waals surface area (Å²) >= 11 is 1.26. The van der Waals surface area contributed by atoms with Crippen LogP contribution in [0.25, 0.3) is 17.1 Å². The van der Waals surface area contributed by atoms with Crippen LogP contribution in [0.2, 0.25) is 0 Å². The highest BCUT2D eigenvalue weighted by Crippen LogP contribution is 2.34. The Morgan fingerprint density at radius 2 is 1.73 bits per heavy atom. The number of amides is 1. The van der Waals surface area contributed by atoms with Crippen LogP contribution in [-0.2, 0) is 4.79 Å². The van der Waals surface area contributed by atoms with Crippen molar-refractivity contribution >= 4 is 23.9 Å². The first-order chi connectivity index (χ1) is 18.1. The third-order valence-corrected chi connectivity index (χ3v) is 6.16. The van der Waals surface area contributed by atoms with Crippen LogP contribution < -0.4 is 19.6 Å². The number of methoxy groups -OCH3 is 2. The van der Waals surface area contributed by atoms with Gasteiger partial charge in [-0.05, 0) is 49.4 Å². The topological polar surface area (TPSA) is 99.9 Å². The van der Waals surface area contributed by atoms with Gasteiger partial charge in [0.15, 0.2) is 22.5 Å². The molecular formula is C27H27N5O4S. The zero-order valence-corrected chi connectivity index (χ0v) is 21.6. The van der Waals surface area contributed by atoms with Crippen LogP contribution in [0.5, 0.6) is 17.2 Å². The van der Waals surface area contributed by atoms with Crippen LogP contribution in [0, 0.1) is 0 Å². The fraction of sp³-hybridized carbons (Fsp3) is 0.185. The Bertz CT molecular complexity index is 1370. The van der Waals surface area contributed by atoms with Gasteiger partial charge < -0.3 is 14.2 Å². The standard InChI is InChI=1S/C27H27N5O4S/c1-4-36-22-13-9-8-10-20(22)17-28-29-25(33)18-37-27-31-30-26(32(27)21-11-6-5-7-12-21)19-14-15-23(34-2)24(16-19)35-3/h5-17H,4,18H2,1-3H3,(H,29,33)/b28-17+. The van der Waals surface area contributed by atoms with E-state index < -0.39 is 0 Å². The van der Waals surface area contributed by atoms with Gasteiger partial charge in [-0.15, -0.1) is 10.2 Å².